The van der Waals surface area contributed by atoms with E-state index in [1.807, 2.05) is 18.4 Å². The number of aromatic nitrogens is 3. The highest BCUT2D eigenvalue weighted by Gasteiger charge is 2.20. The third kappa shape index (κ3) is 2.73. The molecular weight excluding hydrogens is 228 g/mol. The van der Waals surface area contributed by atoms with Crippen molar-refractivity contribution in [2.75, 3.05) is 0 Å². The summed E-state index contributed by atoms with van der Waals surface area (Å²) in [7, 11) is 0. The van der Waals surface area contributed by atoms with Gasteiger partial charge in [-0.1, -0.05) is 18.7 Å². The molecule has 0 aromatic carbocycles. The summed E-state index contributed by atoms with van der Waals surface area (Å²) in [5.41, 5.74) is 5.51. The molecule has 1 heterocycles. The number of rotatable bonds is 6. The second-order valence-corrected chi connectivity index (χ2v) is 4.37. The molecule has 0 aliphatic rings. The molecule has 1 aromatic rings. The summed E-state index contributed by atoms with van der Waals surface area (Å²) in [6.45, 7) is 4.79. The lowest BCUT2D eigenvalue weighted by Gasteiger charge is -2.10. The van der Waals surface area contributed by atoms with Gasteiger partial charge in [0.15, 0.2) is 5.16 Å². The fourth-order valence-corrected chi connectivity index (χ4v) is 2.28. The minimum Gasteiger partial charge on any atom is -0.480 e. The van der Waals surface area contributed by atoms with Crippen LogP contribution in [0.4, 0.5) is 0 Å². The van der Waals surface area contributed by atoms with E-state index in [0.29, 0.717) is 30.5 Å². The molecule has 0 amide bonds. The van der Waals surface area contributed by atoms with Crippen LogP contribution in [0.3, 0.4) is 0 Å². The van der Waals surface area contributed by atoms with Gasteiger partial charge in [-0.2, -0.15) is 0 Å². The third-order valence-electron chi connectivity index (χ3n) is 2.19. The first-order valence-corrected chi connectivity index (χ1v) is 6.03. The Kier molecular flexibility index (Phi) is 4.75. The molecule has 1 unspecified atom stereocenters. The molecule has 0 aliphatic heterocycles. The molecule has 0 aliphatic carbocycles. The van der Waals surface area contributed by atoms with E-state index in [9.17, 15) is 4.79 Å². The smallest absolute Gasteiger partial charge is 0.317 e. The molecule has 1 aromatic heterocycles. The van der Waals surface area contributed by atoms with Crippen molar-refractivity contribution in [1.29, 1.82) is 0 Å². The Balaban J connectivity index is 2.87. The molecule has 90 valence electrons. The molecule has 0 radical (unpaired) electrons. The molecule has 1 rings (SSSR count). The molecule has 0 saturated heterocycles. The van der Waals surface area contributed by atoms with E-state index in [4.69, 9.17) is 10.8 Å². The lowest BCUT2D eigenvalue weighted by molar-refractivity contribution is -0.136. The minimum absolute atomic E-state index is 0.311. The predicted octanol–water partition coefficient (Wildman–Crippen LogP) is 0.712. The zero-order chi connectivity index (χ0) is 12.1. The van der Waals surface area contributed by atoms with E-state index in [-0.39, 0.29) is 0 Å². The zero-order valence-corrected chi connectivity index (χ0v) is 10.2. The zero-order valence-electron chi connectivity index (χ0n) is 9.38. The number of hydrogen-bond acceptors (Lipinski definition) is 5. The van der Waals surface area contributed by atoms with Crippen LogP contribution in [-0.4, -0.2) is 31.1 Å². The molecule has 6 nitrogen and oxygen atoms in total. The molecule has 0 spiro atoms. The van der Waals surface area contributed by atoms with Crippen molar-refractivity contribution in [2.45, 2.75) is 43.8 Å². The first kappa shape index (κ1) is 13.0. The quantitative estimate of drug-likeness (QED) is 0.716. The van der Waals surface area contributed by atoms with Gasteiger partial charge in [0.05, 0.1) is 6.54 Å². The Bertz CT molecular complexity index is 366. The minimum atomic E-state index is -0.826. The lowest BCUT2D eigenvalue weighted by Crippen LogP contribution is -2.16. The Labute approximate surface area is 98.2 Å². The Morgan fingerprint density at radius 1 is 1.56 bits per heavy atom. The summed E-state index contributed by atoms with van der Waals surface area (Å²) in [6, 6.07) is 0. The van der Waals surface area contributed by atoms with Crippen LogP contribution in [-0.2, 0) is 17.9 Å². The molecule has 3 N–H and O–H groups in total. The first-order valence-electron chi connectivity index (χ1n) is 5.15. The standard InChI is InChI=1S/C9H16N4O2S/c1-3-6(8(14)15)16-9-12-11-7(5-10)13(9)4-2/h6H,3-5,10H2,1-2H3,(H,14,15). The van der Waals surface area contributed by atoms with Crippen LogP contribution in [0, 0.1) is 0 Å². The third-order valence-corrected chi connectivity index (χ3v) is 3.52. The van der Waals surface area contributed by atoms with Gasteiger partial charge in [0.2, 0.25) is 0 Å². The monoisotopic (exact) mass is 244 g/mol. The van der Waals surface area contributed by atoms with Crippen LogP contribution in [0.5, 0.6) is 0 Å². The van der Waals surface area contributed by atoms with Gasteiger partial charge in [-0.3, -0.25) is 4.79 Å². The normalized spacial score (nSPS) is 12.7. The van der Waals surface area contributed by atoms with Crippen LogP contribution in [0.25, 0.3) is 0 Å². The second kappa shape index (κ2) is 5.86. The number of carboxylic acids is 1. The van der Waals surface area contributed by atoms with Crippen LogP contribution in [0.2, 0.25) is 0 Å². The topological polar surface area (TPSA) is 94.0 Å². The number of nitrogens with zero attached hydrogens (tertiary/aromatic N) is 3. The van der Waals surface area contributed by atoms with E-state index >= 15 is 0 Å². The van der Waals surface area contributed by atoms with Crippen molar-refractivity contribution in [3.05, 3.63) is 5.82 Å². The number of aliphatic carboxylic acids is 1. The van der Waals surface area contributed by atoms with E-state index < -0.39 is 11.2 Å². The Morgan fingerprint density at radius 3 is 2.69 bits per heavy atom. The van der Waals surface area contributed by atoms with Gasteiger partial charge in [0.25, 0.3) is 0 Å². The molecule has 16 heavy (non-hydrogen) atoms. The predicted molar refractivity (Wildman–Crippen MR) is 61.2 cm³/mol. The van der Waals surface area contributed by atoms with Crippen LogP contribution >= 0.6 is 11.8 Å². The summed E-state index contributed by atoms with van der Waals surface area (Å²) >= 11 is 1.22. The summed E-state index contributed by atoms with van der Waals surface area (Å²) in [6.07, 6.45) is 0.550. The fourth-order valence-electron chi connectivity index (χ4n) is 1.31. The second-order valence-electron chi connectivity index (χ2n) is 3.20. The molecular formula is C9H16N4O2S. The van der Waals surface area contributed by atoms with Gasteiger partial charge in [0.1, 0.15) is 11.1 Å². The summed E-state index contributed by atoms with van der Waals surface area (Å²) < 4.78 is 1.84. The Morgan fingerprint density at radius 2 is 2.25 bits per heavy atom. The highest BCUT2D eigenvalue weighted by atomic mass is 32.2. The maximum absolute atomic E-state index is 10.9. The van der Waals surface area contributed by atoms with Gasteiger partial charge >= 0.3 is 5.97 Å². The number of thioether (sulfide) groups is 1. The van der Waals surface area contributed by atoms with E-state index in [2.05, 4.69) is 10.2 Å². The van der Waals surface area contributed by atoms with Crippen LogP contribution in [0.1, 0.15) is 26.1 Å². The number of carbonyl (C=O) groups is 1. The van der Waals surface area contributed by atoms with Crippen molar-refractivity contribution in [2.24, 2.45) is 5.73 Å². The molecule has 7 heteroatoms. The summed E-state index contributed by atoms with van der Waals surface area (Å²) in [4.78, 5) is 10.9. The fraction of sp³-hybridized carbons (Fsp3) is 0.667. The average molecular weight is 244 g/mol. The number of carboxylic acid groups (broad SMARTS) is 1. The largest absolute Gasteiger partial charge is 0.480 e. The van der Waals surface area contributed by atoms with Gasteiger partial charge < -0.3 is 15.4 Å². The SMILES string of the molecule is CCC(Sc1nnc(CN)n1CC)C(=O)O. The van der Waals surface area contributed by atoms with Gasteiger partial charge in [-0.05, 0) is 13.3 Å². The van der Waals surface area contributed by atoms with E-state index in [1.54, 1.807) is 0 Å². The lowest BCUT2D eigenvalue weighted by atomic mass is 10.3. The number of hydrogen-bond donors (Lipinski definition) is 2. The van der Waals surface area contributed by atoms with Crippen molar-refractivity contribution in [3.8, 4) is 0 Å². The van der Waals surface area contributed by atoms with E-state index in [1.165, 1.54) is 11.8 Å². The summed E-state index contributed by atoms with van der Waals surface area (Å²) in [5, 5.41) is 17.0. The number of nitrogens with two attached hydrogens (primary N) is 1. The van der Waals surface area contributed by atoms with Crippen molar-refractivity contribution in [3.63, 3.8) is 0 Å². The average Bonchev–Trinajstić information content (AvgIpc) is 2.67. The van der Waals surface area contributed by atoms with Crippen LogP contribution < -0.4 is 5.73 Å². The highest BCUT2D eigenvalue weighted by molar-refractivity contribution is 8.00. The summed E-state index contributed by atoms with van der Waals surface area (Å²) in [5.74, 6) is -0.141. The molecule has 1 atom stereocenters. The van der Waals surface area contributed by atoms with Gasteiger partial charge in [-0.25, -0.2) is 0 Å². The van der Waals surface area contributed by atoms with Crippen molar-refractivity contribution < 1.29 is 9.90 Å². The van der Waals surface area contributed by atoms with Crippen molar-refractivity contribution in [1.82, 2.24) is 14.8 Å². The first-order chi connectivity index (χ1) is 7.63. The van der Waals surface area contributed by atoms with Gasteiger partial charge in [0, 0.05) is 6.54 Å². The van der Waals surface area contributed by atoms with Gasteiger partial charge in [-0.15, -0.1) is 10.2 Å². The Hall–Kier alpha value is -1.08. The molecule has 0 fully saturated rings. The van der Waals surface area contributed by atoms with Crippen molar-refractivity contribution >= 4 is 17.7 Å². The maximum atomic E-state index is 10.9. The molecule has 0 bridgehead atoms. The van der Waals surface area contributed by atoms with Crippen LogP contribution in [0.15, 0.2) is 5.16 Å². The van der Waals surface area contributed by atoms with E-state index in [0.717, 1.165) is 0 Å². The molecule has 0 saturated carbocycles. The highest BCUT2D eigenvalue weighted by Crippen LogP contribution is 2.24. The maximum Gasteiger partial charge on any atom is 0.317 e.